The fourth-order valence-corrected chi connectivity index (χ4v) is 3.07. The second kappa shape index (κ2) is 3.41. The minimum atomic E-state index is -0.446. The van der Waals surface area contributed by atoms with Gasteiger partial charge in [0.2, 0.25) is 0 Å². The average molecular weight is 246 g/mol. The highest BCUT2D eigenvalue weighted by Gasteiger charge is 2.44. The van der Waals surface area contributed by atoms with Crippen LogP contribution in [0.25, 0.3) is 0 Å². The molecule has 96 valence electrons. The van der Waals surface area contributed by atoms with Gasteiger partial charge in [0.15, 0.2) is 11.5 Å². The smallest absolute Gasteiger partial charge is 0.251 e. The van der Waals surface area contributed by atoms with E-state index in [1.54, 1.807) is 0 Å². The Morgan fingerprint density at radius 1 is 1.00 bits per heavy atom. The van der Waals surface area contributed by atoms with Crippen molar-refractivity contribution in [2.24, 2.45) is 0 Å². The Morgan fingerprint density at radius 3 is 2.44 bits per heavy atom. The minimum Gasteiger partial charge on any atom is -0.448 e. The van der Waals surface area contributed by atoms with Gasteiger partial charge in [-0.15, -0.1) is 0 Å². The zero-order chi connectivity index (χ0) is 12.2. The number of fused-ring (bicyclic) bond motifs is 1. The SMILES string of the molecule is OC1(Cc2ccc3c(c2)OC2(CCCC2)O3)CC1. The van der Waals surface area contributed by atoms with Gasteiger partial charge in [-0.2, -0.15) is 0 Å². The first-order valence-electron chi connectivity index (χ1n) is 6.90. The van der Waals surface area contributed by atoms with Gasteiger partial charge < -0.3 is 14.6 Å². The van der Waals surface area contributed by atoms with Crippen LogP contribution in [0, 0.1) is 0 Å². The van der Waals surface area contributed by atoms with E-state index in [1.165, 1.54) is 12.8 Å². The Bertz CT molecular complexity index is 485. The molecule has 4 rings (SSSR count). The van der Waals surface area contributed by atoms with E-state index < -0.39 is 5.60 Å². The van der Waals surface area contributed by atoms with Crippen LogP contribution in [0.2, 0.25) is 0 Å². The van der Waals surface area contributed by atoms with Gasteiger partial charge in [-0.25, -0.2) is 0 Å². The summed E-state index contributed by atoms with van der Waals surface area (Å²) < 4.78 is 12.0. The quantitative estimate of drug-likeness (QED) is 0.872. The van der Waals surface area contributed by atoms with Crippen LogP contribution in [0.15, 0.2) is 18.2 Å². The Hall–Kier alpha value is -1.22. The second-order valence-corrected chi connectivity index (χ2v) is 6.00. The van der Waals surface area contributed by atoms with Gasteiger partial charge in [0.25, 0.3) is 5.79 Å². The molecule has 2 aliphatic carbocycles. The third-order valence-corrected chi connectivity index (χ3v) is 4.33. The largest absolute Gasteiger partial charge is 0.448 e. The number of benzene rings is 1. The summed E-state index contributed by atoms with van der Waals surface area (Å²) in [5.74, 6) is 1.35. The van der Waals surface area contributed by atoms with Gasteiger partial charge in [0.1, 0.15) is 0 Å². The first-order chi connectivity index (χ1) is 8.67. The summed E-state index contributed by atoms with van der Waals surface area (Å²) in [5.41, 5.74) is 0.700. The Labute approximate surface area is 107 Å². The maximum Gasteiger partial charge on any atom is 0.251 e. The molecule has 2 fully saturated rings. The van der Waals surface area contributed by atoms with E-state index in [0.717, 1.165) is 49.2 Å². The van der Waals surface area contributed by atoms with E-state index in [1.807, 2.05) is 18.2 Å². The van der Waals surface area contributed by atoms with Gasteiger partial charge in [0.05, 0.1) is 5.60 Å². The van der Waals surface area contributed by atoms with Crippen molar-refractivity contribution < 1.29 is 14.6 Å². The predicted molar refractivity (Wildman–Crippen MR) is 66.8 cm³/mol. The lowest BCUT2D eigenvalue weighted by Gasteiger charge is -2.21. The van der Waals surface area contributed by atoms with Crippen molar-refractivity contribution in [3.63, 3.8) is 0 Å². The Kier molecular flexibility index (Phi) is 2.03. The monoisotopic (exact) mass is 246 g/mol. The molecule has 0 atom stereocenters. The van der Waals surface area contributed by atoms with E-state index in [9.17, 15) is 5.11 Å². The topological polar surface area (TPSA) is 38.7 Å². The standard InChI is InChI=1S/C15H18O3/c16-14(7-8-14)10-11-3-4-12-13(9-11)18-15(17-12)5-1-2-6-15/h3-4,9,16H,1-2,5-8,10H2. The summed E-state index contributed by atoms with van der Waals surface area (Å²) in [6.07, 6.45) is 6.91. The normalized spacial score (nSPS) is 25.6. The summed E-state index contributed by atoms with van der Waals surface area (Å²) in [7, 11) is 0. The van der Waals surface area contributed by atoms with Crippen LogP contribution in [-0.4, -0.2) is 16.5 Å². The molecule has 0 amide bonds. The molecule has 0 unspecified atom stereocenters. The molecule has 1 aromatic carbocycles. The molecule has 18 heavy (non-hydrogen) atoms. The zero-order valence-electron chi connectivity index (χ0n) is 10.4. The Morgan fingerprint density at radius 2 is 1.72 bits per heavy atom. The number of ether oxygens (including phenoxy) is 2. The highest BCUT2D eigenvalue weighted by Crippen LogP contribution is 2.47. The first kappa shape index (κ1) is 10.7. The molecule has 0 aromatic heterocycles. The lowest BCUT2D eigenvalue weighted by atomic mass is 10.1. The number of rotatable bonds is 2. The van der Waals surface area contributed by atoms with Crippen molar-refractivity contribution in [1.29, 1.82) is 0 Å². The van der Waals surface area contributed by atoms with Gasteiger partial charge in [-0.05, 0) is 43.4 Å². The van der Waals surface area contributed by atoms with Gasteiger partial charge in [-0.1, -0.05) is 6.07 Å². The summed E-state index contributed by atoms with van der Waals surface area (Å²) in [6, 6.07) is 6.08. The molecule has 1 aliphatic heterocycles. The number of hydrogen-bond donors (Lipinski definition) is 1. The fraction of sp³-hybridized carbons (Fsp3) is 0.600. The molecule has 3 nitrogen and oxygen atoms in total. The van der Waals surface area contributed by atoms with Gasteiger partial charge in [-0.3, -0.25) is 0 Å². The molecular weight excluding hydrogens is 228 g/mol. The maximum atomic E-state index is 9.96. The molecule has 1 spiro atoms. The summed E-state index contributed by atoms with van der Waals surface area (Å²) in [6.45, 7) is 0. The van der Waals surface area contributed by atoms with E-state index in [2.05, 4.69) is 0 Å². The molecule has 2 saturated carbocycles. The van der Waals surface area contributed by atoms with Crippen molar-refractivity contribution >= 4 is 0 Å². The van der Waals surface area contributed by atoms with Crippen molar-refractivity contribution in [3.05, 3.63) is 23.8 Å². The maximum absolute atomic E-state index is 9.96. The minimum absolute atomic E-state index is 0.378. The van der Waals surface area contributed by atoms with Crippen molar-refractivity contribution in [1.82, 2.24) is 0 Å². The van der Waals surface area contributed by atoms with Crippen LogP contribution in [0.3, 0.4) is 0 Å². The van der Waals surface area contributed by atoms with Crippen LogP contribution < -0.4 is 9.47 Å². The molecule has 1 heterocycles. The van der Waals surface area contributed by atoms with Crippen molar-refractivity contribution in [2.75, 3.05) is 0 Å². The molecular formula is C15H18O3. The number of aliphatic hydroxyl groups is 1. The zero-order valence-corrected chi connectivity index (χ0v) is 10.4. The molecule has 3 heteroatoms. The molecule has 0 bridgehead atoms. The van der Waals surface area contributed by atoms with E-state index in [0.29, 0.717) is 0 Å². The third-order valence-electron chi connectivity index (χ3n) is 4.33. The van der Waals surface area contributed by atoms with Gasteiger partial charge in [0, 0.05) is 19.3 Å². The lowest BCUT2D eigenvalue weighted by Crippen LogP contribution is -2.34. The third kappa shape index (κ3) is 1.69. The molecule has 3 aliphatic rings. The van der Waals surface area contributed by atoms with Crippen LogP contribution in [-0.2, 0) is 6.42 Å². The molecule has 0 radical (unpaired) electrons. The highest BCUT2D eigenvalue weighted by molar-refractivity contribution is 5.46. The molecule has 1 N–H and O–H groups in total. The van der Waals surface area contributed by atoms with Gasteiger partial charge >= 0.3 is 0 Å². The summed E-state index contributed by atoms with van der Waals surface area (Å²) in [5, 5.41) is 9.96. The molecule has 0 saturated heterocycles. The summed E-state index contributed by atoms with van der Waals surface area (Å²) in [4.78, 5) is 0. The lowest BCUT2D eigenvalue weighted by molar-refractivity contribution is -0.0716. The van der Waals surface area contributed by atoms with Crippen LogP contribution in [0.1, 0.15) is 44.1 Å². The second-order valence-electron chi connectivity index (χ2n) is 6.00. The predicted octanol–water partition coefficient (Wildman–Crippen LogP) is 2.80. The Balaban J connectivity index is 1.58. The number of hydrogen-bond acceptors (Lipinski definition) is 3. The highest BCUT2D eigenvalue weighted by atomic mass is 16.7. The van der Waals surface area contributed by atoms with Crippen LogP contribution in [0.4, 0.5) is 0 Å². The van der Waals surface area contributed by atoms with E-state index in [-0.39, 0.29) is 5.79 Å². The fourth-order valence-electron chi connectivity index (χ4n) is 3.07. The summed E-state index contributed by atoms with van der Waals surface area (Å²) >= 11 is 0. The van der Waals surface area contributed by atoms with Crippen molar-refractivity contribution in [2.45, 2.75) is 56.3 Å². The van der Waals surface area contributed by atoms with Crippen LogP contribution in [0.5, 0.6) is 11.5 Å². The van der Waals surface area contributed by atoms with E-state index in [4.69, 9.17) is 9.47 Å². The average Bonchev–Trinajstić information content (AvgIpc) is 2.78. The van der Waals surface area contributed by atoms with Crippen molar-refractivity contribution in [3.8, 4) is 11.5 Å². The first-order valence-corrected chi connectivity index (χ1v) is 6.90. The molecule has 1 aromatic rings. The van der Waals surface area contributed by atoms with E-state index >= 15 is 0 Å². The van der Waals surface area contributed by atoms with Crippen LogP contribution >= 0.6 is 0 Å².